The Kier molecular flexibility index (Phi) is 7.74. The van der Waals surface area contributed by atoms with Gasteiger partial charge in [-0.15, -0.1) is 0 Å². The number of fused-ring (bicyclic) bond motifs is 1. The van der Waals surface area contributed by atoms with E-state index in [4.69, 9.17) is 14.2 Å². The highest BCUT2D eigenvalue weighted by molar-refractivity contribution is 6.13. The predicted molar refractivity (Wildman–Crippen MR) is 150 cm³/mol. The van der Waals surface area contributed by atoms with Gasteiger partial charge in [0, 0.05) is 30.3 Å². The number of rotatable bonds is 9. The van der Waals surface area contributed by atoms with Crippen molar-refractivity contribution in [3.8, 4) is 11.6 Å². The van der Waals surface area contributed by atoms with E-state index < -0.39 is 23.3 Å². The number of hydrogen-bond donors (Lipinski definition) is 1. The van der Waals surface area contributed by atoms with Crippen LogP contribution in [0.1, 0.15) is 53.9 Å². The van der Waals surface area contributed by atoms with Crippen LogP contribution in [0.5, 0.6) is 11.6 Å². The van der Waals surface area contributed by atoms with E-state index in [0.29, 0.717) is 30.4 Å². The van der Waals surface area contributed by atoms with Crippen LogP contribution < -0.4 is 14.4 Å². The van der Waals surface area contributed by atoms with Gasteiger partial charge in [-0.2, -0.15) is 4.98 Å². The van der Waals surface area contributed by atoms with Crippen LogP contribution in [0.2, 0.25) is 0 Å². The minimum Gasteiger partial charge on any atom is -0.497 e. The zero-order valence-corrected chi connectivity index (χ0v) is 23.3. The first-order valence-corrected chi connectivity index (χ1v) is 13.2. The fourth-order valence-corrected chi connectivity index (χ4v) is 4.67. The number of Topliss-reactive ketones (excluding diaryl/α,β-unsaturated/α-hetero) is 1. The van der Waals surface area contributed by atoms with E-state index in [9.17, 15) is 14.0 Å². The van der Waals surface area contributed by atoms with Crippen molar-refractivity contribution >= 4 is 23.4 Å². The average Bonchev–Trinajstić information content (AvgIpc) is 3.61. The number of halogens is 1. The summed E-state index contributed by atoms with van der Waals surface area (Å²) in [5, 5.41) is 0. The minimum atomic E-state index is -1.28. The Hall–Kier alpha value is -4.73. The molecular weight excluding hydrogens is 527 g/mol. The van der Waals surface area contributed by atoms with E-state index in [1.54, 1.807) is 52.3 Å². The van der Waals surface area contributed by atoms with Gasteiger partial charge in [0.05, 0.1) is 12.7 Å². The molecule has 9 nitrogen and oxygen atoms in total. The quantitative estimate of drug-likeness (QED) is 0.162. The van der Waals surface area contributed by atoms with Gasteiger partial charge in [0.1, 0.15) is 23.8 Å². The third-order valence-electron chi connectivity index (χ3n) is 6.53. The summed E-state index contributed by atoms with van der Waals surface area (Å²) in [6.45, 7) is 5.82. The highest BCUT2D eigenvalue weighted by Crippen LogP contribution is 2.35. The average molecular weight is 559 g/mol. The third-order valence-corrected chi connectivity index (χ3v) is 6.53. The molecule has 5 rings (SSSR count). The molecule has 1 aliphatic heterocycles. The number of ether oxygens (including phenoxy) is 3. The van der Waals surface area contributed by atoms with E-state index in [2.05, 4.69) is 15.0 Å². The van der Waals surface area contributed by atoms with Gasteiger partial charge in [-0.3, -0.25) is 9.59 Å². The molecule has 0 amide bonds. The Morgan fingerprint density at radius 2 is 1.95 bits per heavy atom. The van der Waals surface area contributed by atoms with E-state index in [1.165, 1.54) is 18.3 Å². The van der Waals surface area contributed by atoms with Crippen LogP contribution >= 0.6 is 0 Å². The third kappa shape index (κ3) is 6.21. The maximum atomic E-state index is 14.0. The van der Waals surface area contributed by atoms with Crippen molar-refractivity contribution in [2.75, 3.05) is 18.6 Å². The monoisotopic (exact) mass is 558 g/mol. The lowest BCUT2D eigenvalue weighted by molar-refractivity contribution is -0.155. The van der Waals surface area contributed by atoms with E-state index in [-0.39, 0.29) is 23.9 Å². The number of aromatic amines is 1. The number of nitrogens with zero attached hydrogens (tertiary/aromatic N) is 3. The molecule has 1 unspecified atom stereocenters. The van der Waals surface area contributed by atoms with Crippen LogP contribution in [0.15, 0.2) is 67.0 Å². The van der Waals surface area contributed by atoms with Gasteiger partial charge in [-0.05, 0) is 80.8 Å². The fourth-order valence-electron chi connectivity index (χ4n) is 4.67. The van der Waals surface area contributed by atoms with Crippen molar-refractivity contribution in [2.24, 2.45) is 0 Å². The van der Waals surface area contributed by atoms with Crippen LogP contribution in [-0.4, -0.2) is 46.0 Å². The smallest absolute Gasteiger partial charge is 0.323 e. The van der Waals surface area contributed by atoms with Gasteiger partial charge in [0.2, 0.25) is 11.8 Å². The topological polar surface area (TPSA) is 107 Å². The van der Waals surface area contributed by atoms with Gasteiger partial charge in [-0.1, -0.05) is 12.1 Å². The normalized spacial score (nSPS) is 13.4. The fraction of sp³-hybridized carbons (Fsp3) is 0.290. The molecular formula is C31H31FN4O5. The Morgan fingerprint density at radius 1 is 1.12 bits per heavy atom. The van der Waals surface area contributed by atoms with E-state index in [1.807, 2.05) is 29.2 Å². The Morgan fingerprint density at radius 3 is 2.68 bits per heavy atom. The largest absolute Gasteiger partial charge is 0.497 e. The molecule has 2 aromatic heterocycles. The van der Waals surface area contributed by atoms with Crippen molar-refractivity contribution in [1.29, 1.82) is 0 Å². The van der Waals surface area contributed by atoms with Crippen LogP contribution in [0.3, 0.4) is 0 Å². The first kappa shape index (κ1) is 27.8. The molecule has 2 aromatic carbocycles. The maximum absolute atomic E-state index is 14.0. The molecule has 0 spiro atoms. The molecule has 212 valence electrons. The maximum Gasteiger partial charge on any atom is 0.323 e. The number of methoxy groups -OCH3 is 1. The zero-order chi connectivity index (χ0) is 29.1. The van der Waals surface area contributed by atoms with Gasteiger partial charge in [-0.25, -0.2) is 9.37 Å². The number of hydrogen-bond acceptors (Lipinski definition) is 8. The summed E-state index contributed by atoms with van der Waals surface area (Å²) >= 11 is 0. The van der Waals surface area contributed by atoms with E-state index >= 15 is 0 Å². The molecule has 0 radical (unpaired) electrons. The van der Waals surface area contributed by atoms with Crippen molar-refractivity contribution in [1.82, 2.24) is 15.0 Å². The summed E-state index contributed by atoms with van der Waals surface area (Å²) < 4.78 is 30.9. The second kappa shape index (κ2) is 11.4. The summed E-state index contributed by atoms with van der Waals surface area (Å²) in [6, 6.07) is 15.2. The summed E-state index contributed by atoms with van der Waals surface area (Å²) in [7, 11) is 1.57. The highest BCUT2D eigenvalue weighted by atomic mass is 19.1. The van der Waals surface area contributed by atoms with Crippen LogP contribution in [0.25, 0.3) is 0 Å². The van der Waals surface area contributed by atoms with Gasteiger partial charge >= 0.3 is 5.97 Å². The molecule has 0 saturated carbocycles. The second-order valence-corrected chi connectivity index (χ2v) is 10.7. The first-order chi connectivity index (χ1) is 19.6. The number of H-pyrrole nitrogens is 1. The number of nitrogens with one attached hydrogen (secondary N) is 1. The SMILES string of the molecule is COc1cccc(COc2nc(N3CCc4cc(F)ccc43)ncc2C(=O)C(C(=O)OC(C)(C)C)c2ccc[nH]2)c1. The van der Waals surface area contributed by atoms with Crippen LogP contribution in [0.4, 0.5) is 16.0 Å². The number of benzene rings is 2. The molecule has 3 heterocycles. The summed E-state index contributed by atoms with van der Waals surface area (Å²) in [4.78, 5) is 41.2. The van der Waals surface area contributed by atoms with Crippen molar-refractivity contribution in [3.63, 3.8) is 0 Å². The molecule has 1 aliphatic rings. The number of anilines is 2. The molecule has 0 fully saturated rings. The number of carbonyl (C=O) groups is 2. The lowest BCUT2D eigenvalue weighted by Crippen LogP contribution is -2.32. The number of esters is 1. The standard InChI is InChI=1S/C31H31FN4O5/c1-31(2,3)41-29(38)26(24-9-6-13-33-24)27(37)23-17-34-30(36-14-12-20-16-21(32)10-11-25(20)36)35-28(23)40-18-19-7-5-8-22(15-19)39-4/h5-11,13,15-17,26,33H,12,14,18H2,1-4H3. The predicted octanol–water partition coefficient (Wildman–Crippen LogP) is 5.53. The molecule has 1 N–H and O–H groups in total. The first-order valence-electron chi connectivity index (χ1n) is 13.2. The second-order valence-electron chi connectivity index (χ2n) is 10.7. The van der Waals surface area contributed by atoms with Gasteiger partial charge in [0.15, 0.2) is 11.7 Å². The molecule has 10 heteroatoms. The van der Waals surface area contributed by atoms with Gasteiger partial charge in [0.25, 0.3) is 0 Å². The number of ketones is 1. The lowest BCUT2D eigenvalue weighted by Gasteiger charge is -2.24. The molecule has 0 bridgehead atoms. The molecule has 41 heavy (non-hydrogen) atoms. The Labute approximate surface area is 237 Å². The number of carbonyl (C=O) groups excluding carboxylic acids is 2. The Balaban J connectivity index is 1.53. The van der Waals surface area contributed by atoms with Crippen LogP contribution in [-0.2, 0) is 22.6 Å². The molecule has 0 saturated heterocycles. The van der Waals surface area contributed by atoms with Gasteiger partial charge < -0.3 is 24.1 Å². The zero-order valence-electron chi connectivity index (χ0n) is 23.3. The minimum absolute atomic E-state index is 0.0125. The summed E-state index contributed by atoms with van der Waals surface area (Å²) in [5.41, 5.74) is 2.00. The van der Waals surface area contributed by atoms with E-state index in [0.717, 1.165) is 16.8 Å². The molecule has 4 aromatic rings. The van der Waals surface area contributed by atoms with Crippen molar-refractivity contribution in [2.45, 2.75) is 45.3 Å². The molecule has 0 aliphatic carbocycles. The Bertz CT molecular complexity index is 1570. The summed E-state index contributed by atoms with van der Waals surface area (Å²) in [5.74, 6) is -1.91. The molecule has 1 atom stereocenters. The van der Waals surface area contributed by atoms with Crippen LogP contribution in [0, 0.1) is 5.82 Å². The van der Waals surface area contributed by atoms with Crippen molar-refractivity contribution in [3.05, 3.63) is 95.2 Å². The lowest BCUT2D eigenvalue weighted by atomic mass is 9.95. The number of aromatic nitrogens is 3. The highest BCUT2D eigenvalue weighted by Gasteiger charge is 2.37. The van der Waals surface area contributed by atoms with Crippen molar-refractivity contribution < 1.29 is 28.2 Å². The summed E-state index contributed by atoms with van der Waals surface area (Å²) in [6.07, 6.45) is 3.62.